The third-order valence-corrected chi connectivity index (χ3v) is 7.33. The van der Waals surface area contributed by atoms with Crippen molar-refractivity contribution in [2.45, 2.75) is 31.5 Å². The molecule has 2 unspecified atom stereocenters. The molecule has 6 N–H and O–H groups in total. The Morgan fingerprint density at radius 1 is 1.17 bits per heavy atom. The number of nitrogens with zero attached hydrogens (tertiary/aromatic N) is 1. The number of H-pyrrole nitrogens is 1. The summed E-state index contributed by atoms with van der Waals surface area (Å²) in [7, 11) is -16.9. The van der Waals surface area contributed by atoms with Gasteiger partial charge in [-0.25, -0.2) is 22.9 Å². The van der Waals surface area contributed by atoms with E-state index in [1.54, 1.807) is 0 Å². The maximum atomic E-state index is 14.4. The molecule has 2 heterocycles. The van der Waals surface area contributed by atoms with Gasteiger partial charge in [0.15, 0.2) is 12.4 Å². The van der Waals surface area contributed by atoms with Gasteiger partial charge in [0.1, 0.15) is 12.2 Å². The molecule has 0 aromatic carbocycles. The van der Waals surface area contributed by atoms with Crippen LogP contribution in [-0.4, -0.2) is 59.2 Å². The maximum absolute atomic E-state index is 14.4. The molecule has 6 atom stereocenters. The first kappa shape index (κ1) is 25.2. The number of aromatic nitrogens is 2. The molecular weight excluding hydrogens is 484 g/mol. The molecule has 2 rings (SSSR count). The molecular formula is C10H16FN2O14P3. The summed E-state index contributed by atoms with van der Waals surface area (Å²) in [5.41, 5.74) is -1.80. The molecule has 16 nitrogen and oxygen atoms in total. The SMILES string of the molecule is Cc1cn([C@@H]2O[C@H](COP(=O)(O)OP(=O)(O)OP(=O)(O)O)[C@@H](O)[C@H]2F)c(=O)[nH]c1=O. The highest BCUT2D eigenvalue weighted by Crippen LogP contribution is 2.66. The molecule has 20 heteroatoms. The van der Waals surface area contributed by atoms with E-state index in [-0.39, 0.29) is 5.56 Å². The maximum Gasteiger partial charge on any atom is 0.490 e. The molecule has 30 heavy (non-hydrogen) atoms. The molecule has 1 aromatic heterocycles. The van der Waals surface area contributed by atoms with E-state index in [0.29, 0.717) is 4.57 Å². The zero-order chi connectivity index (χ0) is 23.1. The van der Waals surface area contributed by atoms with Crippen LogP contribution in [0, 0.1) is 6.92 Å². The van der Waals surface area contributed by atoms with Crippen molar-refractivity contribution in [3.63, 3.8) is 0 Å². The van der Waals surface area contributed by atoms with E-state index in [1.807, 2.05) is 4.98 Å². The molecule has 1 fully saturated rings. The van der Waals surface area contributed by atoms with Gasteiger partial charge < -0.3 is 29.4 Å². The topological polar surface area (TPSA) is 244 Å². The largest absolute Gasteiger partial charge is 0.490 e. The number of phosphoric ester groups is 1. The van der Waals surface area contributed by atoms with Crippen molar-refractivity contribution in [1.29, 1.82) is 0 Å². The minimum Gasteiger partial charge on any atom is -0.387 e. The number of halogens is 1. The lowest BCUT2D eigenvalue weighted by atomic mass is 10.1. The summed E-state index contributed by atoms with van der Waals surface area (Å²) in [6.45, 7) is 0.180. The number of alkyl halides is 1. The second-order valence-corrected chi connectivity index (χ2v) is 10.3. The molecule has 1 aromatic rings. The van der Waals surface area contributed by atoms with E-state index in [1.165, 1.54) is 6.92 Å². The zero-order valence-electron chi connectivity index (χ0n) is 14.7. The summed E-state index contributed by atoms with van der Waals surface area (Å²) in [5.74, 6) is 0. The molecule has 1 aliphatic rings. The van der Waals surface area contributed by atoms with Crippen LogP contribution in [0.5, 0.6) is 0 Å². The Labute approximate surface area is 165 Å². The standard InChI is InChI=1S/C10H16FN2O14P3/c1-4-2-13(10(16)12-8(4)15)9-6(11)7(14)5(25-9)3-24-29(20,21)27-30(22,23)26-28(17,18)19/h2,5-7,9,14H,3H2,1H3,(H,20,21)(H,22,23)(H,12,15,16)(H2,17,18,19)/t5-,6-,7-,9-/m1/s1. The van der Waals surface area contributed by atoms with Gasteiger partial charge in [0, 0.05) is 11.8 Å². The Kier molecular flexibility index (Phi) is 7.41. The first-order valence-electron chi connectivity index (χ1n) is 7.59. The fourth-order valence-electron chi connectivity index (χ4n) is 2.31. The van der Waals surface area contributed by atoms with Crippen LogP contribution in [0.3, 0.4) is 0 Å². The summed E-state index contributed by atoms with van der Waals surface area (Å²) >= 11 is 0. The Hall–Kier alpha value is -1.06. The molecule has 0 aliphatic carbocycles. The number of aryl methyl sites for hydroxylation is 1. The van der Waals surface area contributed by atoms with E-state index in [9.17, 15) is 37.7 Å². The Morgan fingerprint density at radius 2 is 1.77 bits per heavy atom. The van der Waals surface area contributed by atoms with Crippen LogP contribution >= 0.6 is 23.5 Å². The minimum absolute atomic E-state index is 0.0107. The van der Waals surface area contributed by atoms with Crippen molar-refractivity contribution in [2.24, 2.45) is 0 Å². The van der Waals surface area contributed by atoms with Crippen LogP contribution in [0.25, 0.3) is 0 Å². The highest BCUT2D eigenvalue weighted by molar-refractivity contribution is 7.66. The van der Waals surface area contributed by atoms with Crippen molar-refractivity contribution in [2.75, 3.05) is 6.61 Å². The highest BCUT2D eigenvalue weighted by Gasteiger charge is 2.47. The van der Waals surface area contributed by atoms with Crippen LogP contribution in [0.15, 0.2) is 15.8 Å². The van der Waals surface area contributed by atoms with Crippen molar-refractivity contribution >= 4 is 23.5 Å². The van der Waals surface area contributed by atoms with E-state index in [4.69, 9.17) is 19.4 Å². The van der Waals surface area contributed by atoms with E-state index in [2.05, 4.69) is 13.1 Å². The number of aromatic amines is 1. The number of hydrogen-bond acceptors (Lipinski definition) is 10. The number of phosphoric acid groups is 3. The monoisotopic (exact) mass is 500 g/mol. The smallest absolute Gasteiger partial charge is 0.387 e. The van der Waals surface area contributed by atoms with Crippen LogP contribution in [0.1, 0.15) is 11.8 Å². The molecule has 1 saturated heterocycles. The minimum atomic E-state index is -5.76. The molecule has 0 saturated carbocycles. The van der Waals surface area contributed by atoms with Crippen molar-refractivity contribution in [3.8, 4) is 0 Å². The Morgan fingerprint density at radius 3 is 2.33 bits per heavy atom. The summed E-state index contributed by atoms with van der Waals surface area (Å²) in [5, 5.41) is 9.87. The molecule has 0 amide bonds. The summed E-state index contributed by atoms with van der Waals surface area (Å²) in [6, 6.07) is 0. The summed E-state index contributed by atoms with van der Waals surface area (Å²) < 4.78 is 64.8. The Bertz CT molecular complexity index is 1050. The third-order valence-electron chi connectivity index (χ3n) is 3.53. The first-order chi connectivity index (χ1) is 13.5. The zero-order valence-corrected chi connectivity index (χ0v) is 17.4. The second kappa shape index (κ2) is 8.82. The number of aliphatic hydroxyl groups is 1. The molecule has 0 spiro atoms. The van der Waals surface area contributed by atoms with Gasteiger partial charge >= 0.3 is 29.2 Å². The molecule has 0 radical (unpaired) electrons. The normalized spacial score (nSPS) is 28.8. The van der Waals surface area contributed by atoms with Gasteiger partial charge in [0.2, 0.25) is 0 Å². The van der Waals surface area contributed by atoms with Crippen LogP contribution in [0.2, 0.25) is 0 Å². The van der Waals surface area contributed by atoms with E-state index in [0.717, 1.165) is 6.20 Å². The quantitative estimate of drug-likeness (QED) is 0.229. The lowest BCUT2D eigenvalue weighted by Gasteiger charge is -2.19. The Balaban J connectivity index is 2.09. The summed E-state index contributed by atoms with van der Waals surface area (Å²) in [6.07, 6.45) is -6.79. The predicted octanol–water partition coefficient (Wildman–Crippen LogP) is -1.22. The molecule has 172 valence electrons. The van der Waals surface area contributed by atoms with Gasteiger partial charge in [-0.2, -0.15) is 8.62 Å². The van der Waals surface area contributed by atoms with E-state index >= 15 is 0 Å². The van der Waals surface area contributed by atoms with Gasteiger partial charge in [-0.05, 0) is 6.92 Å². The van der Waals surface area contributed by atoms with Crippen LogP contribution < -0.4 is 11.2 Å². The number of nitrogens with one attached hydrogen (secondary N) is 1. The average molecular weight is 500 g/mol. The van der Waals surface area contributed by atoms with Gasteiger partial charge in [-0.15, -0.1) is 0 Å². The lowest BCUT2D eigenvalue weighted by molar-refractivity contribution is -0.0483. The number of aliphatic hydroxyl groups excluding tert-OH is 1. The number of rotatable bonds is 8. The van der Waals surface area contributed by atoms with Crippen LogP contribution in [0.4, 0.5) is 4.39 Å². The summed E-state index contributed by atoms with van der Waals surface area (Å²) in [4.78, 5) is 60.4. The molecule has 0 bridgehead atoms. The predicted molar refractivity (Wildman–Crippen MR) is 90.7 cm³/mol. The fourth-order valence-corrected chi connectivity index (χ4v) is 5.34. The number of hydrogen-bond donors (Lipinski definition) is 6. The van der Waals surface area contributed by atoms with Crippen molar-refractivity contribution in [3.05, 3.63) is 32.6 Å². The lowest BCUT2D eigenvalue weighted by Crippen LogP contribution is -2.36. The highest BCUT2D eigenvalue weighted by atomic mass is 31.3. The first-order valence-corrected chi connectivity index (χ1v) is 12.1. The van der Waals surface area contributed by atoms with Gasteiger partial charge in [0.05, 0.1) is 6.61 Å². The van der Waals surface area contributed by atoms with Gasteiger partial charge in [0.25, 0.3) is 5.56 Å². The van der Waals surface area contributed by atoms with Crippen molar-refractivity contribution < 1.29 is 60.6 Å². The number of ether oxygens (including phenoxy) is 1. The fraction of sp³-hybridized carbons (Fsp3) is 0.600. The molecule has 1 aliphatic heterocycles. The van der Waals surface area contributed by atoms with Crippen LogP contribution in [-0.2, 0) is 31.6 Å². The third kappa shape index (κ3) is 6.47. The second-order valence-electron chi connectivity index (χ2n) is 5.87. The van der Waals surface area contributed by atoms with Gasteiger partial charge in [-0.1, -0.05) is 0 Å². The van der Waals surface area contributed by atoms with Crippen molar-refractivity contribution in [1.82, 2.24) is 9.55 Å². The van der Waals surface area contributed by atoms with Gasteiger partial charge in [-0.3, -0.25) is 18.9 Å². The average Bonchev–Trinajstić information content (AvgIpc) is 2.81. The van der Waals surface area contributed by atoms with E-state index < -0.39 is 65.9 Å².